The second-order valence-electron chi connectivity index (χ2n) is 6.44. The zero-order valence-electron chi connectivity index (χ0n) is 14.7. The van der Waals surface area contributed by atoms with Crippen LogP contribution in [0, 0.1) is 0 Å². The van der Waals surface area contributed by atoms with Gasteiger partial charge in [0.2, 0.25) is 11.7 Å². The number of carbonyl (C=O) groups is 1. The van der Waals surface area contributed by atoms with E-state index in [2.05, 4.69) is 35.6 Å². The first-order valence-electron chi connectivity index (χ1n) is 8.61. The Bertz CT molecular complexity index is 900. The number of anilines is 1. The van der Waals surface area contributed by atoms with Crippen molar-refractivity contribution in [3.63, 3.8) is 0 Å². The van der Waals surface area contributed by atoms with Crippen LogP contribution in [0.25, 0.3) is 11.4 Å². The summed E-state index contributed by atoms with van der Waals surface area (Å²) < 4.78 is 5.44. The topological polar surface area (TPSA) is 109 Å². The predicted molar refractivity (Wildman–Crippen MR) is 97.7 cm³/mol. The number of benzene rings is 1. The number of likely N-dealkylation sites (N-methyl/N-ethyl adjacent to an activating group) is 1. The molecule has 0 spiro atoms. The quantitative estimate of drug-likeness (QED) is 0.728. The number of nitrogens with one attached hydrogen (secondary N) is 2. The van der Waals surface area contributed by atoms with Crippen LogP contribution in [0.1, 0.15) is 18.4 Å². The molecule has 0 aliphatic carbocycles. The SMILES string of the molecule is CN1C[C@@H](NC(=O)Nc2ccccc2)C[C@H]1c1nc(-c2cncnc2)no1. The van der Waals surface area contributed by atoms with Crippen LogP contribution in [0.15, 0.2) is 53.6 Å². The third kappa shape index (κ3) is 3.93. The van der Waals surface area contributed by atoms with Crippen molar-refractivity contribution >= 4 is 11.7 Å². The van der Waals surface area contributed by atoms with Gasteiger partial charge >= 0.3 is 6.03 Å². The number of hydrogen-bond acceptors (Lipinski definition) is 7. The van der Waals surface area contributed by atoms with Crippen LogP contribution in [-0.2, 0) is 0 Å². The number of aromatic nitrogens is 4. The highest BCUT2D eigenvalue weighted by Gasteiger charge is 2.35. The van der Waals surface area contributed by atoms with Crippen molar-refractivity contribution in [2.24, 2.45) is 0 Å². The molecule has 2 N–H and O–H groups in total. The largest absolute Gasteiger partial charge is 0.337 e. The second-order valence-corrected chi connectivity index (χ2v) is 6.44. The normalized spacial score (nSPS) is 19.7. The first-order valence-corrected chi connectivity index (χ1v) is 8.61. The van der Waals surface area contributed by atoms with Crippen molar-refractivity contribution in [1.82, 2.24) is 30.3 Å². The van der Waals surface area contributed by atoms with Gasteiger partial charge in [-0.25, -0.2) is 14.8 Å². The Morgan fingerprint density at radius 1 is 1.22 bits per heavy atom. The fraction of sp³-hybridized carbons (Fsp3) is 0.278. The molecule has 1 fully saturated rings. The Morgan fingerprint density at radius 3 is 2.78 bits per heavy atom. The summed E-state index contributed by atoms with van der Waals surface area (Å²) in [5.74, 6) is 0.973. The molecule has 9 nitrogen and oxygen atoms in total. The highest BCUT2D eigenvalue weighted by Crippen LogP contribution is 2.30. The van der Waals surface area contributed by atoms with Gasteiger partial charge in [0.25, 0.3) is 0 Å². The fourth-order valence-electron chi connectivity index (χ4n) is 3.17. The molecule has 27 heavy (non-hydrogen) atoms. The monoisotopic (exact) mass is 365 g/mol. The van der Waals surface area contributed by atoms with Gasteiger partial charge in [-0.1, -0.05) is 23.4 Å². The summed E-state index contributed by atoms with van der Waals surface area (Å²) in [6.45, 7) is 0.693. The van der Waals surface area contributed by atoms with Gasteiger partial charge in [-0.05, 0) is 25.6 Å². The van der Waals surface area contributed by atoms with Gasteiger partial charge in [0.1, 0.15) is 6.33 Å². The van der Waals surface area contributed by atoms with Crippen LogP contribution in [-0.4, -0.2) is 50.7 Å². The Morgan fingerprint density at radius 2 is 2.00 bits per heavy atom. The molecular formula is C18H19N7O2. The molecule has 2 atom stereocenters. The zero-order valence-corrected chi connectivity index (χ0v) is 14.7. The van der Waals surface area contributed by atoms with Crippen LogP contribution in [0.2, 0.25) is 0 Å². The third-order valence-electron chi connectivity index (χ3n) is 4.46. The second kappa shape index (κ2) is 7.50. The third-order valence-corrected chi connectivity index (χ3v) is 4.46. The summed E-state index contributed by atoms with van der Waals surface area (Å²) in [7, 11) is 1.97. The summed E-state index contributed by atoms with van der Waals surface area (Å²) in [5, 5.41) is 9.84. The lowest BCUT2D eigenvalue weighted by Crippen LogP contribution is -2.39. The molecule has 4 rings (SSSR count). The number of urea groups is 1. The van der Waals surface area contributed by atoms with Gasteiger partial charge in [0, 0.05) is 30.7 Å². The molecule has 0 unspecified atom stereocenters. The van der Waals surface area contributed by atoms with E-state index in [-0.39, 0.29) is 18.1 Å². The molecule has 1 aromatic carbocycles. The zero-order chi connectivity index (χ0) is 18.6. The van der Waals surface area contributed by atoms with Gasteiger partial charge in [0.15, 0.2) is 0 Å². The van der Waals surface area contributed by atoms with Crippen molar-refractivity contribution in [2.75, 3.05) is 18.9 Å². The van der Waals surface area contributed by atoms with Crippen molar-refractivity contribution < 1.29 is 9.32 Å². The standard InChI is InChI=1S/C18H19N7O2/c1-25-10-14(22-18(26)21-13-5-3-2-4-6-13)7-15(25)17-23-16(24-27-17)12-8-19-11-20-9-12/h2-6,8-9,11,14-15H,7,10H2,1H3,(H2,21,22,26)/t14-,15-/m0/s1. The minimum absolute atomic E-state index is 0.0147. The van der Waals surface area contributed by atoms with Gasteiger partial charge < -0.3 is 15.2 Å². The van der Waals surface area contributed by atoms with Crippen molar-refractivity contribution in [3.05, 3.63) is 54.9 Å². The van der Waals surface area contributed by atoms with Gasteiger partial charge in [-0.2, -0.15) is 4.98 Å². The van der Waals surface area contributed by atoms with Crippen LogP contribution in [0.3, 0.4) is 0 Å². The number of likely N-dealkylation sites (tertiary alicyclic amines) is 1. The predicted octanol–water partition coefficient (Wildman–Crippen LogP) is 2.09. The molecule has 0 radical (unpaired) electrons. The molecule has 2 amide bonds. The maximum Gasteiger partial charge on any atom is 0.319 e. The lowest BCUT2D eigenvalue weighted by molar-refractivity contribution is 0.243. The molecule has 1 aliphatic rings. The highest BCUT2D eigenvalue weighted by molar-refractivity contribution is 5.89. The summed E-state index contributed by atoms with van der Waals surface area (Å²) in [6, 6.07) is 9.04. The Labute approximate surface area is 155 Å². The molecule has 0 bridgehead atoms. The smallest absolute Gasteiger partial charge is 0.319 e. The minimum atomic E-state index is -0.229. The highest BCUT2D eigenvalue weighted by atomic mass is 16.5. The molecule has 2 aromatic heterocycles. The summed E-state index contributed by atoms with van der Waals surface area (Å²) >= 11 is 0. The maximum atomic E-state index is 12.2. The number of nitrogens with zero attached hydrogens (tertiary/aromatic N) is 5. The Balaban J connectivity index is 1.38. The molecule has 9 heteroatoms. The summed E-state index contributed by atoms with van der Waals surface area (Å²) in [4.78, 5) is 26.7. The van der Waals surface area contributed by atoms with Crippen LogP contribution in [0.5, 0.6) is 0 Å². The lowest BCUT2D eigenvalue weighted by Gasteiger charge is -2.14. The molecule has 1 aliphatic heterocycles. The van der Waals surface area contributed by atoms with E-state index in [1.807, 2.05) is 37.4 Å². The van der Waals surface area contributed by atoms with E-state index in [0.29, 0.717) is 30.2 Å². The van der Waals surface area contributed by atoms with E-state index in [1.165, 1.54) is 6.33 Å². The average Bonchev–Trinajstić information content (AvgIpc) is 3.30. The van der Waals surface area contributed by atoms with Crippen molar-refractivity contribution in [1.29, 1.82) is 0 Å². The minimum Gasteiger partial charge on any atom is -0.337 e. The van der Waals surface area contributed by atoms with E-state index in [1.54, 1.807) is 12.4 Å². The molecule has 1 saturated heterocycles. The lowest BCUT2D eigenvalue weighted by atomic mass is 10.1. The van der Waals surface area contributed by atoms with E-state index in [9.17, 15) is 4.79 Å². The van der Waals surface area contributed by atoms with Gasteiger partial charge in [0.05, 0.1) is 11.6 Å². The van der Waals surface area contributed by atoms with Crippen LogP contribution in [0.4, 0.5) is 10.5 Å². The number of amides is 2. The Kier molecular flexibility index (Phi) is 4.75. The number of rotatable bonds is 4. The van der Waals surface area contributed by atoms with Crippen molar-refractivity contribution in [3.8, 4) is 11.4 Å². The first kappa shape index (κ1) is 17.1. The fourth-order valence-corrected chi connectivity index (χ4v) is 3.17. The first-order chi connectivity index (χ1) is 13.2. The van der Waals surface area contributed by atoms with E-state index in [0.717, 1.165) is 5.69 Å². The van der Waals surface area contributed by atoms with Gasteiger partial charge in [-0.15, -0.1) is 0 Å². The van der Waals surface area contributed by atoms with Crippen molar-refractivity contribution in [2.45, 2.75) is 18.5 Å². The molecular weight excluding hydrogens is 346 g/mol. The number of hydrogen-bond donors (Lipinski definition) is 2. The number of carbonyl (C=O) groups excluding carboxylic acids is 1. The molecule has 138 valence electrons. The van der Waals surface area contributed by atoms with Crippen LogP contribution >= 0.6 is 0 Å². The summed E-state index contributed by atoms with van der Waals surface area (Å²) in [5.41, 5.74) is 1.45. The molecule has 0 saturated carbocycles. The van der Waals surface area contributed by atoms with E-state index in [4.69, 9.17) is 4.52 Å². The van der Waals surface area contributed by atoms with E-state index < -0.39 is 0 Å². The average molecular weight is 365 g/mol. The Hall–Kier alpha value is -3.33. The summed E-state index contributed by atoms with van der Waals surface area (Å²) in [6.07, 6.45) is 5.41. The molecule has 3 aromatic rings. The van der Waals surface area contributed by atoms with Gasteiger partial charge in [-0.3, -0.25) is 4.90 Å². The maximum absolute atomic E-state index is 12.2. The number of para-hydroxylation sites is 1. The molecule has 3 heterocycles. The van der Waals surface area contributed by atoms with Crippen LogP contribution < -0.4 is 10.6 Å². The van der Waals surface area contributed by atoms with E-state index >= 15 is 0 Å².